The molecule has 0 saturated heterocycles. The van der Waals surface area contributed by atoms with E-state index in [-0.39, 0.29) is 12.7 Å². The molecule has 0 aliphatic rings. The van der Waals surface area contributed by atoms with E-state index in [1.165, 1.54) is 0 Å². The summed E-state index contributed by atoms with van der Waals surface area (Å²) in [7, 11) is 0. The van der Waals surface area contributed by atoms with E-state index in [0.29, 0.717) is 0 Å². The van der Waals surface area contributed by atoms with Crippen LogP contribution in [-0.4, -0.2) is 18.8 Å². The Bertz CT molecular complexity index is 95.8. The fourth-order valence-corrected chi connectivity index (χ4v) is 0.368. The Labute approximate surface area is 52.9 Å². The summed E-state index contributed by atoms with van der Waals surface area (Å²) in [5, 5.41) is 0. The summed E-state index contributed by atoms with van der Waals surface area (Å²) in [4.78, 5) is 14.2. The molecule has 1 atom stereocenters. The van der Waals surface area contributed by atoms with Gasteiger partial charge in [0, 0.05) is 0 Å². The van der Waals surface area contributed by atoms with Gasteiger partial charge >= 0.3 is 6.09 Å². The minimum Gasteiger partial charge on any atom is -0.444 e. The largest absolute Gasteiger partial charge is 0.444 e. The maximum atomic E-state index is 9.99. The van der Waals surface area contributed by atoms with Crippen molar-refractivity contribution in [3.05, 3.63) is 0 Å². The quantitative estimate of drug-likeness (QED) is 0.502. The van der Waals surface area contributed by atoms with Gasteiger partial charge in [0.1, 0.15) is 12.7 Å². The summed E-state index contributed by atoms with van der Waals surface area (Å²) in [5.74, 6) is 4.67. The van der Waals surface area contributed by atoms with E-state index < -0.39 is 6.09 Å². The van der Waals surface area contributed by atoms with Gasteiger partial charge in [0.25, 0.3) is 0 Å². The molecule has 0 rings (SSSR count). The second kappa shape index (κ2) is 4.11. The van der Waals surface area contributed by atoms with E-state index in [4.69, 9.17) is 0 Å². The van der Waals surface area contributed by atoms with Crippen molar-refractivity contribution in [2.45, 2.75) is 13.0 Å². The minimum atomic E-state index is -0.820. The van der Waals surface area contributed by atoms with Gasteiger partial charge in [0.05, 0.1) is 0 Å². The van der Waals surface area contributed by atoms with Crippen LogP contribution >= 0.6 is 0 Å². The third-order valence-electron chi connectivity index (χ3n) is 0.648. The Morgan fingerprint density at radius 2 is 2.33 bits per heavy atom. The zero-order chi connectivity index (χ0) is 7.28. The van der Waals surface area contributed by atoms with Gasteiger partial charge in [-0.1, -0.05) is 0 Å². The van der Waals surface area contributed by atoms with Crippen molar-refractivity contribution in [2.24, 2.45) is 11.6 Å². The number of nitrogens with two attached hydrogens (primary N) is 2. The van der Waals surface area contributed by atoms with Crippen molar-refractivity contribution in [3.8, 4) is 0 Å². The maximum absolute atomic E-state index is 9.99. The number of rotatable bonds is 3. The summed E-state index contributed by atoms with van der Waals surface area (Å²) in [6.45, 7) is 1.78. The van der Waals surface area contributed by atoms with Gasteiger partial charge in [0.2, 0.25) is 0 Å². The van der Waals surface area contributed by atoms with Crippen LogP contribution in [0.25, 0.3) is 0 Å². The SMILES string of the molecule is CC(CON)OC(N)=O. The second-order valence-corrected chi connectivity index (χ2v) is 1.58. The third kappa shape index (κ3) is 5.05. The topological polar surface area (TPSA) is 87.6 Å². The molecule has 0 radical (unpaired) electrons. The number of hydrogen-bond donors (Lipinski definition) is 2. The van der Waals surface area contributed by atoms with Crippen LogP contribution in [-0.2, 0) is 9.57 Å². The van der Waals surface area contributed by atoms with E-state index in [1.807, 2.05) is 0 Å². The first-order valence-electron chi connectivity index (χ1n) is 2.44. The monoisotopic (exact) mass is 134 g/mol. The van der Waals surface area contributed by atoms with Crippen LogP contribution < -0.4 is 11.6 Å². The van der Waals surface area contributed by atoms with Crippen molar-refractivity contribution in [2.75, 3.05) is 6.61 Å². The first kappa shape index (κ1) is 8.19. The van der Waals surface area contributed by atoms with E-state index in [1.54, 1.807) is 6.92 Å². The molecule has 9 heavy (non-hydrogen) atoms. The molecule has 4 N–H and O–H groups in total. The highest BCUT2D eigenvalue weighted by Crippen LogP contribution is 1.87. The number of carbonyl (C=O) groups excluding carboxylic acids is 1. The molecule has 0 fully saturated rings. The van der Waals surface area contributed by atoms with Gasteiger partial charge < -0.3 is 15.3 Å². The van der Waals surface area contributed by atoms with Crippen LogP contribution in [0.3, 0.4) is 0 Å². The first-order chi connectivity index (χ1) is 4.16. The molecule has 0 aromatic carbocycles. The minimum absolute atomic E-state index is 0.156. The van der Waals surface area contributed by atoms with Gasteiger partial charge in [-0.15, -0.1) is 0 Å². The van der Waals surface area contributed by atoms with Crippen molar-refractivity contribution < 1.29 is 14.4 Å². The summed E-state index contributed by atoms with van der Waals surface area (Å²) in [6.07, 6.45) is -1.20. The molecule has 54 valence electrons. The van der Waals surface area contributed by atoms with Crippen molar-refractivity contribution in [3.63, 3.8) is 0 Å². The fourth-order valence-electron chi connectivity index (χ4n) is 0.368. The number of hydrogen-bond acceptors (Lipinski definition) is 4. The predicted molar refractivity (Wildman–Crippen MR) is 30.3 cm³/mol. The normalized spacial score (nSPS) is 12.7. The molecular formula is C4H10N2O3. The third-order valence-corrected chi connectivity index (χ3v) is 0.648. The van der Waals surface area contributed by atoms with E-state index in [2.05, 4.69) is 21.2 Å². The number of amides is 1. The molecular weight excluding hydrogens is 124 g/mol. The molecule has 0 aliphatic carbocycles. The van der Waals surface area contributed by atoms with Crippen molar-refractivity contribution in [1.82, 2.24) is 0 Å². The van der Waals surface area contributed by atoms with Gasteiger partial charge in [-0.2, -0.15) is 0 Å². The highest BCUT2D eigenvalue weighted by molar-refractivity contribution is 5.64. The summed E-state index contributed by atoms with van der Waals surface area (Å²) >= 11 is 0. The molecule has 5 heteroatoms. The number of carbonyl (C=O) groups is 1. The van der Waals surface area contributed by atoms with Crippen LogP contribution in [0.4, 0.5) is 4.79 Å². The average molecular weight is 134 g/mol. The van der Waals surface area contributed by atoms with Gasteiger partial charge in [-0.05, 0) is 6.92 Å². The molecule has 0 aromatic rings. The number of primary amides is 1. The maximum Gasteiger partial charge on any atom is 0.404 e. The van der Waals surface area contributed by atoms with Crippen LogP contribution in [0.5, 0.6) is 0 Å². The van der Waals surface area contributed by atoms with Gasteiger partial charge in [0.15, 0.2) is 0 Å². The smallest absolute Gasteiger partial charge is 0.404 e. The van der Waals surface area contributed by atoms with Crippen LogP contribution in [0.2, 0.25) is 0 Å². The summed E-state index contributed by atoms with van der Waals surface area (Å²) in [5.41, 5.74) is 4.67. The first-order valence-corrected chi connectivity index (χ1v) is 2.44. The molecule has 0 aromatic heterocycles. The van der Waals surface area contributed by atoms with Crippen LogP contribution in [0.1, 0.15) is 6.92 Å². The van der Waals surface area contributed by atoms with Crippen molar-refractivity contribution in [1.29, 1.82) is 0 Å². The lowest BCUT2D eigenvalue weighted by atomic mass is 10.4. The number of ether oxygens (including phenoxy) is 1. The Balaban J connectivity index is 3.26. The average Bonchev–Trinajstić information content (AvgIpc) is 1.63. The molecule has 0 heterocycles. The molecule has 0 spiro atoms. The molecule has 1 amide bonds. The highest BCUT2D eigenvalue weighted by atomic mass is 16.6. The lowest BCUT2D eigenvalue weighted by molar-refractivity contribution is 0.0320. The van der Waals surface area contributed by atoms with E-state index in [0.717, 1.165) is 0 Å². The van der Waals surface area contributed by atoms with E-state index in [9.17, 15) is 4.79 Å². The Morgan fingerprint density at radius 3 is 2.67 bits per heavy atom. The highest BCUT2D eigenvalue weighted by Gasteiger charge is 2.03. The predicted octanol–water partition coefficient (Wildman–Crippen LogP) is -0.640. The fraction of sp³-hybridized carbons (Fsp3) is 0.750. The van der Waals surface area contributed by atoms with Crippen LogP contribution in [0.15, 0.2) is 0 Å². The molecule has 5 nitrogen and oxygen atoms in total. The van der Waals surface area contributed by atoms with Gasteiger partial charge in [-0.25, -0.2) is 10.7 Å². The molecule has 0 bridgehead atoms. The molecule has 0 aliphatic heterocycles. The van der Waals surface area contributed by atoms with Crippen molar-refractivity contribution >= 4 is 6.09 Å². The lowest BCUT2D eigenvalue weighted by Gasteiger charge is -2.07. The zero-order valence-electron chi connectivity index (χ0n) is 5.16. The lowest BCUT2D eigenvalue weighted by Crippen LogP contribution is -2.25. The Hall–Kier alpha value is -0.810. The molecule has 1 unspecified atom stereocenters. The Morgan fingerprint density at radius 1 is 1.78 bits per heavy atom. The van der Waals surface area contributed by atoms with Gasteiger partial charge in [-0.3, -0.25) is 0 Å². The summed E-state index contributed by atoms with van der Waals surface area (Å²) < 4.78 is 4.42. The van der Waals surface area contributed by atoms with E-state index >= 15 is 0 Å². The second-order valence-electron chi connectivity index (χ2n) is 1.58. The zero-order valence-corrected chi connectivity index (χ0v) is 5.16. The Kier molecular flexibility index (Phi) is 3.74. The standard InChI is InChI=1S/C4H10N2O3/c1-3(2-8-6)9-4(5)7/h3H,2,6H2,1H3,(H2,5,7). The van der Waals surface area contributed by atoms with Crippen LogP contribution in [0, 0.1) is 0 Å². The molecule has 0 saturated carbocycles. The summed E-state index contributed by atoms with van der Waals surface area (Å²) in [6, 6.07) is 0.